The van der Waals surface area contributed by atoms with Gasteiger partial charge in [-0.25, -0.2) is 13.8 Å². The van der Waals surface area contributed by atoms with Gasteiger partial charge in [0.2, 0.25) is 0 Å². The van der Waals surface area contributed by atoms with E-state index in [0.717, 1.165) is 51.4 Å². The van der Waals surface area contributed by atoms with Crippen molar-refractivity contribution in [3.8, 4) is 0 Å². The maximum Gasteiger partial charge on any atom is 0.252 e. The van der Waals surface area contributed by atoms with Gasteiger partial charge >= 0.3 is 0 Å². The van der Waals surface area contributed by atoms with Gasteiger partial charge in [0.25, 0.3) is 5.91 Å². The molecule has 1 saturated carbocycles. The van der Waals surface area contributed by atoms with E-state index in [1.807, 2.05) is 16.8 Å². The van der Waals surface area contributed by atoms with Gasteiger partial charge in [-0.05, 0) is 37.1 Å². The second kappa shape index (κ2) is 11.0. The number of aromatic nitrogens is 2. The van der Waals surface area contributed by atoms with Crippen LogP contribution in [0.4, 0.5) is 26.1 Å². The van der Waals surface area contributed by atoms with E-state index in [9.17, 15) is 9.18 Å². The number of halogens is 2. The van der Waals surface area contributed by atoms with Gasteiger partial charge in [0, 0.05) is 55.5 Å². The standard InChI is InChI=1S/C26H33F2N7O2/c27-19-14-17(13-16-5-6-35(23(16)19)8-7-34-9-11-37-12-10-34)31-25-18(24(30)36)15-20(28)26(33-25)32-22-4-2-1-3-21(22)29/h5-6,13-15,21-22H,1-4,7-12,29H2,(H2,30,36)(H2,31,32,33). The number of pyridine rings is 1. The normalized spacial score (nSPS) is 20.7. The number of fused-ring (bicyclic) bond motifs is 1. The SMILES string of the molecule is NC(=O)c1cc(F)c(NC2CCCCC2N)nc1Nc1cc(F)c2c(ccn2CCN2CCOCC2)c1. The quantitative estimate of drug-likeness (QED) is 0.365. The summed E-state index contributed by atoms with van der Waals surface area (Å²) >= 11 is 0. The Morgan fingerprint density at radius 3 is 2.62 bits per heavy atom. The molecule has 0 radical (unpaired) electrons. The fraction of sp³-hybridized carbons (Fsp3) is 0.462. The number of nitrogens with zero attached hydrogens (tertiary/aromatic N) is 3. The van der Waals surface area contributed by atoms with Crippen molar-refractivity contribution in [3.05, 3.63) is 47.7 Å². The number of rotatable bonds is 8. The molecule has 2 aromatic heterocycles. The van der Waals surface area contributed by atoms with Crippen molar-refractivity contribution in [2.45, 2.75) is 44.3 Å². The lowest BCUT2D eigenvalue weighted by molar-refractivity contribution is 0.0365. The van der Waals surface area contributed by atoms with Crippen molar-refractivity contribution in [3.63, 3.8) is 0 Å². The van der Waals surface area contributed by atoms with Gasteiger partial charge in [-0.1, -0.05) is 12.8 Å². The molecule has 198 valence electrons. The zero-order valence-corrected chi connectivity index (χ0v) is 20.7. The Labute approximate surface area is 214 Å². The molecule has 5 rings (SSSR count). The number of benzene rings is 1. The first kappa shape index (κ1) is 25.4. The highest BCUT2D eigenvalue weighted by molar-refractivity contribution is 5.99. The number of primary amides is 1. The molecule has 2 unspecified atom stereocenters. The van der Waals surface area contributed by atoms with Crippen molar-refractivity contribution < 1.29 is 18.3 Å². The van der Waals surface area contributed by atoms with Crippen LogP contribution in [0.5, 0.6) is 0 Å². The monoisotopic (exact) mass is 513 g/mol. The van der Waals surface area contributed by atoms with Crippen LogP contribution in [0.15, 0.2) is 30.5 Å². The third-order valence-corrected chi connectivity index (χ3v) is 7.22. The Morgan fingerprint density at radius 2 is 1.86 bits per heavy atom. The van der Waals surface area contributed by atoms with Crippen LogP contribution in [0.3, 0.4) is 0 Å². The molecule has 1 aromatic carbocycles. The summed E-state index contributed by atoms with van der Waals surface area (Å²) in [6.07, 6.45) is 5.52. The van der Waals surface area contributed by atoms with E-state index in [1.165, 1.54) is 6.07 Å². The largest absolute Gasteiger partial charge is 0.379 e. The summed E-state index contributed by atoms with van der Waals surface area (Å²) in [6.45, 7) is 4.61. The highest BCUT2D eigenvalue weighted by atomic mass is 19.1. The highest BCUT2D eigenvalue weighted by Crippen LogP contribution is 2.30. The van der Waals surface area contributed by atoms with Crippen LogP contribution in [-0.2, 0) is 11.3 Å². The van der Waals surface area contributed by atoms with Gasteiger partial charge in [0.15, 0.2) is 11.6 Å². The molecule has 1 amide bonds. The van der Waals surface area contributed by atoms with E-state index in [1.54, 1.807) is 6.07 Å². The van der Waals surface area contributed by atoms with E-state index in [4.69, 9.17) is 16.2 Å². The smallest absolute Gasteiger partial charge is 0.252 e. The van der Waals surface area contributed by atoms with Gasteiger partial charge < -0.3 is 31.4 Å². The molecule has 0 bridgehead atoms. The van der Waals surface area contributed by atoms with Crippen molar-refractivity contribution >= 4 is 34.1 Å². The summed E-state index contributed by atoms with van der Waals surface area (Å²) in [6, 6.07) is 5.75. The number of carbonyl (C=O) groups is 1. The highest BCUT2D eigenvalue weighted by Gasteiger charge is 2.25. The first-order valence-corrected chi connectivity index (χ1v) is 12.8. The van der Waals surface area contributed by atoms with Gasteiger partial charge in [0.1, 0.15) is 11.6 Å². The third kappa shape index (κ3) is 5.68. The molecule has 11 heteroatoms. The van der Waals surface area contributed by atoms with Crippen molar-refractivity contribution in [1.29, 1.82) is 0 Å². The van der Waals surface area contributed by atoms with Gasteiger partial charge in [-0.15, -0.1) is 0 Å². The molecule has 2 fully saturated rings. The third-order valence-electron chi connectivity index (χ3n) is 7.22. The van der Waals surface area contributed by atoms with Crippen molar-refractivity contribution in [1.82, 2.24) is 14.5 Å². The molecule has 3 aromatic rings. The number of nitrogens with two attached hydrogens (primary N) is 2. The maximum absolute atomic E-state index is 15.3. The molecule has 37 heavy (non-hydrogen) atoms. The minimum absolute atomic E-state index is 0.0225. The number of hydrogen-bond donors (Lipinski definition) is 4. The van der Waals surface area contributed by atoms with Gasteiger partial charge in [0.05, 0.1) is 24.3 Å². The van der Waals surface area contributed by atoms with Crippen LogP contribution in [0.25, 0.3) is 10.9 Å². The Bertz CT molecular complexity index is 1280. The first-order chi connectivity index (χ1) is 17.9. The summed E-state index contributed by atoms with van der Waals surface area (Å²) in [4.78, 5) is 18.7. The van der Waals surface area contributed by atoms with Crippen LogP contribution in [0, 0.1) is 11.6 Å². The van der Waals surface area contributed by atoms with Gasteiger partial charge in [-0.3, -0.25) is 9.69 Å². The van der Waals surface area contributed by atoms with Crippen LogP contribution in [0.1, 0.15) is 36.0 Å². The second-order valence-corrected chi connectivity index (χ2v) is 9.76. The summed E-state index contributed by atoms with van der Waals surface area (Å²) in [7, 11) is 0. The Morgan fingerprint density at radius 1 is 1.08 bits per heavy atom. The molecule has 6 N–H and O–H groups in total. The number of ether oxygens (including phenoxy) is 1. The van der Waals surface area contributed by atoms with E-state index in [2.05, 4.69) is 20.5 Å². The molecule has 1 saturated heterocycles. The average Bonchev–Trinajstić information content (AvgIpc) is 3.30. The first-order valence-electron chi connectivity index (χ1n) is 12.8. The van der Waals surface area contributed by atoms with Crippen LogP contribution in [-0.4, -0.2) is 65.3 Å². The van der Waals surface area contributed by atoms with Crippen LogP contribution < -0.4 is 22.1 Å². The van der Waals surface area contributed by atoms with Crippen LogP contribution in [0.2, 0.25) is 0 Å². The number of nitrogens with one attached hydrogen (secondary N) is 2. The Kier molecular flexibility index (Phi) is 7.54. The fourth-order valence-corrected chi connectivity index (χ4v) is 5.15. The van der Waals surface area contributed by atoms with Crippen molar-refractivity contribution in [2.75, 3.05) is 43.5 Å². The molecule has 2 aliphatic rings. The summed E-state index contributed by atoms with van der Waals surface area (Å²) in [5.41, 5.74) is 12.4. The maximum atomic E-state index is 15.3. The minimum atomic E-state index is -0.842. The molecule has 0 spiro atoms. The molecular formula is C26H33F2N7O2. The molecule has 1 aliphatic carbocycles. The molecule has 3 heterocycles. The van der Waals surface area contributed by atoms with Crippen LogP contribution >= 0.6 is 0 Å². The number of carbonyl (C=O) groups excluding carboxylic acids is 1. The number of anilines is 3. The van der Waals surface area contributed by atoms with E-state index in [-0.39, 0.29) is 29.3 Å². The zero-order chi connectivity index (χ0) is 25.9. The predicted octanol–water partition coefficient (Wildman–Crippen LogP) is 3.17. The molecule has 2 atom stereocenters. The van der Waals surface area contributed by atoms with E-state index >= 15 is 4.39 Å². The molecular weight excluding hydrogens is 480 g/mol. The van der Waals surface area contributed by atoms with Crippen molar-refractivity contribution in [2.24, 2.45) is 11.5 Å². The topological polar surface area (TPSA) is 123 Å². The van der Waals surface area contributed by atoms with E-state index < -0.39 is 17.5 Å². The lowest BCUT2D eigenvalue weighted by Crippen LogP contribution is -2.43. The number of hydrogen-bond acceptors (Lipinski definition) is 7. The molecule has 1 aliphatic heterocycles. The summed E-state index contributed by atoms with van der Waals surface area (Å²) in [5, 5.41) is 6.75. The number of amides is 1. The minimum Gasteiger partial charge on any atom is -0.379 e. The van der Waals surface area contributed by atoms with Gasteiger partial charge in [-0.2, -0.15) is 0 Å². The zero-order valence-electron chi connectivity index (χ0n) is 20.7. The summed E-state index contributed by atoms with van der Waals surface area (Å²) in [5.74, 6) is -1.93. The van der Waals surface area contributed by atoms with E-state index in [0.29, 0.717) is 36.3 Å². The second-order valence-electron chi connectivity index (χ2n) is 9.76. The lowest BCUT2D eigenvalue weighted by Gasteiger charge is -2.30. The average molecular weight is 514 g/mol. The lowest BCUT2D eigenvalue weighted by atomic mass is 9.91. The Balaban J connectivity index is 1.38. The summed E-state index contributed by atoms with van der Waals surface area (Å²) < 4.78 is 37.4. The Hall–Kier alpha value is -3.28. The predicted molar refractivity (Wildman–Crippen MR) is 139 cm³/mol. The molecule has 9 nitrogen and oxygen atoms in total. The number of morpholine rings is 1. The fourth-order valence-electron chi connectivity index (χ4n) is 5.15.